The van der Waals surface area contributed by atoms with E-state index < -0.39 is 18.5 Å². The average molecular weight is 428 g/mol. The van der Waals surface area contributed by atoms with Crippen molar-refractivity contribution in [2.45, 2.75) is 0 Å². The minimum Gasteiger partial charge on any atom is -0.483 e. The van der Waals surface area contributed by atoms with Gasteiger partial charge in [0.25, 0.3) is 5.91 Å². The maximum Gasteiger partial charge on any atom is 0.342 e. The van der Waals surface area contributed by atoms with E-state index in [-0.39, 0.29) is 23.7 Å². The summed E-state index contributed by atoms with van der Waals surface area (Å²) in [5, 5.41) is 0.748. The molecule has 1 aromatic heterocycles. The number of hydrogen-bond acceptors (Lipinski definition) is 5. The number of aromatic amines is 1. The monoisotopic (exact) mass is 428 g/mol. The molecule has 0 radical (unpaired) electrons. The number of benzene rings is 3. The molecule has 3 N–H and O–H groups in total. The second-order valence-electron chi connectivity index (χ2n) is 7.04. The number of nitrogens with two attached hydrogens (primary N) is 1. The zero-order valence-corrected chi connectivity index (χ0v) is 17.0. The summed E-state index contributed by atoms with van der Waals surface area (Å²) < 4.78 is 10.6. The van der Waals surface area contributed by atoms with Crippen LogP contribution < -0.4 is 10.5 Å². The van der Waals surface area contributed by atoms with Gasteiger partial charge in [0.1, 0.15) is 11.3 Å². The van der Waals surface area contributed by atoms with Gasteiger partial charge in [-0.05, 0) is 23.8 Å². The van der Waals surface area contributed by atoms with E-state index in [9.17, 15) is 14.4 Å². The van der Waals surface area contributed by atoms with Crippen LogP contribution in [-0.2, 0) is 9.53 Å². The molecule has 0 aliphatic rings. The Hall–Kier alpha value is -4.39. The van der Waals surface area contributed by atoms with E-state index in [0.717, 1.165) is 16.5 Å². The first-order valence-electron chi connectivity index (χ1n) is 9.91. The average Bonchev–Trinajstić information content (AvgIpc) is 3.21. The molecule has 0 saturated carbocycles. The Morgan fingerprint density at radius 2 is 1.50 bits per heavy atom. The van der Waals surface area contributed by atoms with Crippen LogP contribution in [0, 0.1) is 0 Å². The van der Waals surface area contributed by atoms with Gasteiger partial charge in [-0.1, -0.05) is 60.7 Å². The Kier molecular flexibility index (Phi) is 5.98. The van der Waals surface area contributed by atoms with Crippen LogP contribution in [0.25, 0.3) is 22.2 Å². The highest BCUT2D eigenvalue weighted by atomic mass is 16.5. The number of carbonyl (C=O) groups excluding carboxylic acids is 3. The third-order valence-corrected chi connectivity index (χ3v) is 4.86. The molecule has 4 aromatic rings. The zero-order valence-electron chi connectivity index (χ0n) is 17.0. The van der Waals surface area contributed by atoms with Gasteiger partial charge in [-0.2, -0.15) is 0 Å². The smallest absolute Gasteiger partial charge is 0.342 e. The standard InChI is InChI=1S/C25H20N2O5/c26-22(29)15-31-21-13-7-5-11-18(21)25(30)32-14-20(28)23-17-10-4-6-12-19(17)27-24(23)16-8-2-1-3-9-16/h1-13,27H,14-15H2,(H2,26,29). The molecular formula is C25H20N2O5. The minimum atomic E-state index is -0.737. The van der Waals surface area contributed by atoms with Gasteiger partial charge in [-0.15, -0.1) is 0 Å². The Morgan fingerprint density at radius 1 is 0.812 bits per heavy atom. The second-order valence-corrected chi connectivity index (χ2v) is 7.04. The number of esters is 1. The van der Waals surface area contributed by atoms with Crippen LogP contribution in [-0.4, -0.2) is 35.9 Å². The molecular weight excluding hydrogens is 408 g/mol. The molecule has 0 atom stereocenters. The lowest BCUT2D eigenvalue weighted by Crippen LogP contribution is -2.21. The van der Waals surface area contributed by atoms with Crippen LogP contribution in [0.3, 0.4) is 0 Å². The zero-order chi connectivity index (χ0) is 22.5. The SMILES string of the molecule is NC(=O)COc1ccccc1C(=O)OCC(=O)c1c(-c2ccccc2)[nH]c2ccccc12. The van der Waals surface area contributed by atoms with Crippen LogP contribution in [0.15, 0.2) is 78.9 Å². The lowest BCUT2D eigenvalue weighted by molar-refractivity contribution is -0.119. The molecule has 0 spiro atoms. The van der Waals surface area contributed by atoms with Crippen molar-refractivity contribution < 1.29 is 23.9 Å². The molecule has 4 rings (SSSR count). The number of nitrogens with one attached hydrogen (secondary N) is 1. The molecule has 7 heteroatoms. The highest BCUT2D eigenvalue weighted by molar-refractivity contribution is 6.14. The molecule has 0 aliphatic heterocycles. The van der Waals surface area contributed by atoms with Gasteiger partial charge >= 0.3 is 5.97 Å². The van der Waals surface area contributed by atoms with E-state index in [1.807, 2.05) is 54.6 Å². The van der Waals surface area contributed by atoms with Crippen molar-refractivity contribution in [1.82, 2.24) is 4.98 Å². The van der Waals surface area contributed by atoms with Gasteiger partial charge in [-0.25, -0.2) is 4.79 Å². The number of fused-ring (bicyclic) bond motifs is 1. The Bertz CT molecular complexity index is 1290. The van der Waals surface area contributed by atoms with Gasteiger partial charge in [0, 0.05) is 10.9 Å². The fourth-order valence-corrected chi connectivity index (χ4v) is 3.44. The summed E-state index contributed by atoms with van der Waals surface area (Å²) in [4.78, 5) is 40.1. The number of rotatable bonds is 8. The summed E-state index contributed by atoms with van der Waals surface area (Å²) in [6.45, 7) is -0.830. The Morgan fingerprint density at radius 3 is 2.28 bits per heavy atom. The molecule has 0 fully saturated rings. The predicted octanol–water partition coefficient (Wildman–Crippen LogP) is 3.74. The van der Waals surface area contributed by atoms with E-state index in [1.54, 1.807) is 12.1 Å². The van der Waals surface area contributed by atoms with Crippen molar-refractivity contribution >= 4 is 28.6 Å². The number of hydrogen-bond donors (Lipinski definition) is 2. The molecule has 0 saturated heterocycles. The summed E-state index contributed by atoms with van der Waals surface area (Å²) in [7, 11) is 0. The largest absolute Gasteiger partial charge is 0.483 e. The number of ketones is 1. The third kappa shape index (κ3) is 4.37. The quantitative estimate of drug-likeness (QED) is 0.328. The maximum absolute atomic E-state index is 13.2. The van der Waals surface area contributed by atoms with Crippen LogP contribution in [0.1, 0.15) is 20.7 Å². The van der Waals surface area contributed by atoms with Crippen LogP contribution in [0.5, 0.6) is 5.75 Å². The Balaban J connectivity index is 1.58. The second kappa shape index (κ2) is 9.18. The molecule has 7 nitrogen and oxygen atoms in total. The summed E-state index contributed by atoms with van der Waals surface area (Å²) in [5.74, 6) is -1.60. The van der Waals surface area contributed by atoms with Crippen molar-refractivity contribution in [3.8, 4) is 17.0 Å². The minimum absolute atomic E-state index is 0.101. The molecule has 1 amide bonds. The van der Waals surface area contributed by atoms with Crippen molar-refractivity contribution in [2.24, 2.45) is 5.73 Å². The van der Waals surface area contributed by atoms with E-state index in [4.69, 9.17) is 15.2 Å². The third-order valence-electron chi connectivity index (χ3n) is 4.86. The van der Waals surface area contributed by atoms with Crippen molar-refractivity contribution in [1.29, 1.82) is 0 Å². The van der Waals surface area contributed by atoms with Crippen LogP contribution >= 0.6 is 0 Å². The topological polar surface area (TPSA) is 111 Å². The van der Waals surface area contributed by atoms with E-state index in [1.165, 1.54) is 12.1 Å². The van der Waals surface area contributed by atoms with E-state index in [0.29, 0.717) is 11.3 Å². The summed E-state index contributed by atoms with van der Waals surface area (Å²) in [6.07, 6.45) is 0. The number of aromatic nitrogens is 1. The first-order valence-corrected chi connectivity index (χ1v) is 9.91. The summed E-state index contributed by atoms with van der Waals surface area (Å²) >= 11 is 0. The summed E-state index contributed by atoms with van der Waals surface area (Å²) in [5.41, 5.74) is 7.98. The van der Waals surface area contributed by atoms with E-state index >= 15 is 0 Å². The predicted molar refractivity (Wildman–Crippen MR) is 119 cm³/mol. The first kappa shape index (κ1) is 20.9. The molecule has 0 aliphatic carbocycles. The number of Topliss-reactive ketones (excluding diaryl/α,β-unsaturated/α-hetero) is 1. The fourth-order valence-electron chi connectivity index (χ4n) is 3.44. The number of para-hydroxylation sites is 2. The first-order chi connectivity index (χ1) is 15.5. The fraction of sp³-hybridized carbons (Fsp3) is 0.0800. The van der Waals surface area contributed by atoms with Crippen LogP contribution in [0.4, 0.5) is 0 Å². The molecule has 0 bridgehead atoms. The number of amides is 1. The highest BCUT2D eigenvalue weighted by Gasteiger charge is 2.22. The lowest BCUT2D eigenvalue weighted by Gasteiger charge is -2.10. The van der Waals surface area contributed by atoms with Crippen molar-refractivity contribution in [3.05, 3.63) is 90.0 Å². The lowest BCUT2D eigenvalue weighted by atomic mass is 10.0. The number of H-pyrrole nitrogens is 1. The van der Waals surface area contributed by atoms with Gasteiger partial charge in [-0.3, -0.25) is 9.59 Å². The van der Waals surface area contributed by atoms with Crippen molar-refractivity contribution in [3.63, 3.8) is 0 Å². The number of ether oxygens (including phenoxy) is 2. The number of primary amides is 1. The van der Waals surface area contributed by atoms with Gasteiger partial charge in [0.2, 0.25) is 5.78 Å². The normalized spacial score (nSPS) is 10.6. The van der Waals surface area contributed by atoms with Gasteiger partial charge in [0.05, 0.1) is 11.3 Å². The Labute approximate surface area is 183 Å². The molecule has 3 aromatic carbocycles. The highest BCUT2D eigenvalue weighted by Crippen LogP contribution is 2.31. The number of carbonyl (C=O) groups is 3. The van der Waals surface area contributed by atoms with Crippen LogP contribution in [0.2, 0.25) is 0 Å². The summed E-state index contributed by atoms with van der Waals surface area (Å²) in [6, 6.07) is 23.2. The maximum atomic E-state index is 13.2. The molecule has 1 heterocycles. The molecule has 0 unspecified atom stereocenters. The molecule has 32 heavy (non-hydrogen) atoms. The van der Waals surface area contributed by atoms with Gasteiger partial charge < -0.3 is 20.2 Å². The van der Waals surface area contributed by atoms with E-state index in [2.05, 4.69) is 4.98 Å². The van der Waals surface area contributed by atoms with Gasteiger partial charge in [0.15, 0.2) is 13.2 Å². The molecule has 160 valence electrons. The van der Waals surface area contributed by atoms with Crippen molar-refractivity contribution in [2.75, 3.05) is 13.2 Å².